The van der Waals surface area contributed by atoms with E-state index in [9.17, 15) is 0 Å². The summed E-state index contributed by atoms with van der Waals surface area (Å²) in [5.74, 6) is 0.722. The maximum atomic E-state index is 3.99. The van der Waals surface area contributed by atoms with Crippen molar-refractivity contribution < 1.29 is 0 Å². The summed E-state index contributed by atoms with van der Waals surface area (Å²) >= 11 is 0. The van der Waals surface area contributed by atoms with Crippen molar-refractivity contribution in [1.29, 1.82) is 0 Å². The summed E-state index contributed by atoms with van der Waals surface area (Å²) in [6.07, 6.45) is 13.2. The average Bonchev–Trinajstić information content (AvgIpc) is 2.53. The van der Waals surface area contributed by atoms with Crippen LogP contribution in [0.2, 0.25) is 0 Å². The molecule has 1 saturated carbocycles. The van der Waals surface area contributed by atoms with Gasteiger partial charge in [-0.05, 0) is 61.2 Å². The molecule has 1 N–H and O–H groups in total. The van der Waals surface area contributed by atoms with E-state index in [0.717, 1.165) is 17.2 Å². The molecule has 2 nitrogen and oxygen atoms in total. The van der Waals surface area contributed by atoms with Crippen molar-refractivity contribution in [3.63, 3.8) is 0 Å². The first kappa shape index (κ1) is 15.6. The maximum Gasteiger partial charge on any atom is 0.0343 e. The lowest BCUT2D eigenvalue weighted by Crippen LogP contribution is -2.02. The highest BCUT2D eigenvalue weighted by Gasteiger charge is 2.10. The van der Waals surface area contributed by atoms with E-state index < -0.39 is 0 Å². The number of nitrogens with zero attached hydrogens (tertiary/aromatic N) is 1. The fourth-order valence-corrected chi connectivity index (χ4v) is 2.96. The van der Waals surface area contributed by atoms with Gasteiger partial charge >= 0.3 is 0 Å². The van der Waals surface area contributed by atoms with E-state index in [1.54, 1.807) is 0 Å². The van der Waals surface area contributed by atoms with E-state index in [2.05, 4.69) is 54.3 Å². The third-order valence-corrected chi connectivity index (χ3v) is 4.27. The van der Waals surface area contributed by atoms with Crippen LogP contribution in [0.1, 0.15) is 43.2 Å². The van der Waals surface area contributed by atoms with E-state index >= 15 is 0 Å². The maximum absolute atomic E-state index is 3.99. The highest BCUT2D eigenvalue weighted by atomic mass is 14.8. The summed E-state index contributed by atoms with van der Waals surface area (Å²) in [5, 5.41) is 3.20. The minimum Gasteiger partial charge on any atom is -0.388 e. The number of aliphatic imine (C=N–C) groups is 1. The lowest BCUT2D eigenvalue weighted by Gasteiger charge is -2.18. The smallest absolute Gasteiger partial charge is 0.0343 e. The summed E-state index contributed by atoms with van der Waals surface area (Å²) in [4.78, 5) is 3.99. The van der Waals surface area contributed by atoms with Crippen LogP contribution in [-0.2, 0) is 0 Å². The molecule has 21 heavy (non-hydrogen) atoms. The molecule has 2 rings (SSSR count). The molecule has 0 heterocycles. The van der Waals surface area contributed by atoms with E-state index in [-0.39, 0.29) is 0 Å². The zero-order valence-electron chi connectivity index (χ0n) is 13.2. The van der Waals surface area contributed by atoms with Gasteiger partial charge in [-0.15, -0.1) is 0 Å². The highest BCUT2D eigenvalue weighted by Crippen LogP contribution is 2.28. The molecule has 0 radical (unpaired) electrons. The van der Waals surface area contributed by atoms with E-state index in [4.69, 9.17) is 0 Å². The number of anilines is 1. The van der Waals surface area contributed by atoms with Crippen molar-refractivity contribution in [2.45, 2.75) is 39.0 Å². The van der Waals surface area contributed by atoms with Crippen LogP contribution < -0.4 is 5.32 Å². The lowest BCUT2D eigenvalue weighted by molar-refractivity contribution is 0.419. The van der Waals surface area contributed by atoms with Gasteiger partial charge in [-0.25, -0.2) is 0 Å². The Kier molecular flexibility index (Phi) is 5.79. The van der Waals surface area contributed by atoms with Gasteiger partial charge in [0.2, 0.25) is 0 Å². The van der Waals surface area contributed by atoms with Crippen LogP contribution in [0.5, 0.6) is 0 Å². The van der Waals surface area contributed by atoms with Crippen molar-refractivity contribution in [2.75, 3.05) is 12.4 Å². The fourth-order valence-electron chi connectivity index (χ4n) is 2.96. The average molecular weight is 282 g/mol. The summed E-state index contributed by atoms with van der Waals surface area (Å²) in [5.41, 5.74) is 4.75. The molecule has 0 bridgehead atoms. The number of allylic oxidation sites excluding steroid dienone is 3. The Morgan fingerprint density at radius 3 is 2.71 bits per heavy atom. The van der Waals surface area contributed by atoms with E-state index in [1.807, 2.05) is 13.2 Å². The van der Waals surface area contributed by atoms with Crippen molar-refractivity contribution in [1.82, 2.24) is 0 Å². The zero-order chi connectivity index (χ0) is 15.1. The number of aryl methyl sites for hydroxylation is 1. The van der Waals surface area contributed by atoms with E-state index in [0.29, 0.717) is 0 Å². The van der Waals surface area contributed by atoms with Gasteiger partial charge in [-0.1, -0.05) is 37.5 Å². The topological polar surface area (TPSA) is 24.4 Å². The number of hydrogen-bond acceptors (Lipinski definition) is 2. The Morgan fingerprint density at radius 1 is 1.29 bits per heavy atom. The molecule has 2 heteroatoms. The van der Waals surface area contributed by atoms with Gasteiger partial charge in [0.25, 0.3) is 0 Å². The molecule has 1 aromatic carbocycles. The first-order valence-corrected chi connectivity index (χ1v) is 7.87. The highest BCUT2D eigenvalue weighted by molar-refractivity contribution is 5.78. The number of rotatable bonds is 5. The van der Waals surface area contributed by atoms with Crippen LogP contribution in [-0.4, -0.2) is 13.8 Å². The fraction of sp³-hybridized carbons (Fsp3) is 0.421. The summed E-state index contributed by atoms with van der Waals surface area (Å²) in [6.45, 7) is 5.76. The lowest BCUT2D eigenvalue weighted by atomic mass is 9.88. The summed E-state index contributed by atoms with van der Waals surface area (Å²) in [6, 6.07) is 6.42. The molecule has 0 amide bonds. The van der Waals surface area contributed by atoms with Crippen LogP contribution in [0.3, 0.4) is 0 Å². The van der Waals surface area contributed by atoms with Crippen molar-refractivity contribution in [3.8, 4) is 0 Å². The third-order valence-electron chi connectivity index (χ3n) is 4.27. The Balaban J connectivity index is 2.24. The molecule has 0 aliphatic heterocycles. The predicted octanol–water partition coefficient (Wildman–Crippen LogP) is 5.21. The monoisotopic (exact) mass is 282 g/mol. The molecular formula is C19H26N2. The second-order valence-corrected chi connectivity index (χ2v) is 5.80. The van der Waals surface area contributed by atoms with Crippen LogP contribution in [0.15, 0.2) is 41.5 Å². The molecule has 0 saturated heterocycles. The summed E-state index contributed by atoms with van der Waals surface area (Å²) < 4.78 is 0. The molecular weight excluding hydrogens is 256 g/mol. The van der Waals surface area contributed by atoms with E-state index in [1.165, 1.54) is 43.2 Å². The molecule has 112 valence electrons. The van der Waals surface area contributed by atoms with Gasteiger partial charge in [-0.3, -0.25) is 4.99 Å². The van der Waals surface area contributed by atoms with Gasteiger partial charge in [0.1, 0.15) is 0 Å². The Bertz CT molecular complexity index is 534. The summed E-state index contributed by atoms with van der Waals surface area (Å²) in [7, 11) is 1.95. The molecule has 0 spiro atoms. The van der Waals surface area contributed by atoms with Crippen molar-refractivity contribution in [2.24, 2.45) is 10.9 Å². The molecule has 1 aliphatic carbocycles. The van der Waals surface area contributed by atoms with Crippen molar-refractivity contribution in [3.05, 3.63) is 47.7 Å². The Morgan fingerprint density at radius 2 is 2.05 bits per heavy atom. The molecule has 0 unspecified atom stereocenters. The molecule has 1 aliphatic rings. The minimum atomic E-state index is 0.722. The van der Waals surface area contributed by atoms with Gasteiger partial charge in [0.15, 0.2) is 0 Å². The van der Waals surface area contributed by atoms with Crippen molar-refractivity contribution >= 4 is 18.0 Å². The number of nitrogens with one attached hydrogen (secondary N) is 1. The third kappa shape index (κ3) is 4.32. The Labute approximate surface area is 128 Å². The predicted molar refractivity (Wildman–Crippen MR) is 94.0 cm³/mol. The Hall–Kier alpha value is -1.83. The van der Waals surface area contributed by atoms with Crippen LogP contribution in [0, 0.1) is 12.8 Å². The normalized spacial score (nSPS) is 17.1. The van der Waals surface area contributed by atoms with Gasteiger partial charge < -0.3 is 5.32 Å². The molecule has 0 aromatic heterocycles. The van der Waals surface area contributed by atoms with Gasteiger partial charge in [0.05, 0.1) is 0 Å². The first-order chi connectivity index (χ1) is 10.2. The minimum absolute atomic E-state index is 0.722. The number of hydrogen-bond donors (Lipinski definition) is 1. The largest absolute Gasteiger partial charge is 0.388 e. The second-order valence-electron chi connectivity index (χ2n) is 5.80. The quantitative estimate of drug-likeness (QED) is 0.581. The van der Waals surface area contributed by atoms with Gasteiger partial charge in [0, 0.05) is 18.9 Å². The van der Waals surface area contributed by atoms with Crippen LogP contribution in [0.25, 0.3) is 5.57 Å². The van der Waals surface area contributed by atoms with Gasteiger partial charge in [-0.2, -0.15) is 0 Å². The SMILES string of the molecule is C=N/C=C(\C=C/C1CCCCC1)c1cc(NC)ccc1C. The second kappa shape index (κ2) is 7.82. The number of benzene rings is 1. The first-order valence-electron chi connectivity index (χ1n) is 7.87. The van der Waals surface area contributed by atoms with Crippen LogP contribution in [0.4, 0.5) is 5.69 Å². The molecule has 0 atom stereocenters. The molecule has 1 fully saturated rings. The molecule has 1 aromatic rings. The standard InChI is InChI=1S/C19H26N2/c1-15-9-12-18(21-3)13-19(15)17(14-20-2)11-10-16-7-5-4-6-8-16/h9-14,16,21H,2,4-8H2,1,3H3/b11-10-,17-14+. The zero-order valence-corrected chi connectivity index (χ0v) is 13.2. The van der Waals surface area contributed by atoms with Crippen LogP contribution >= 0.6 is 0 Å².